The zero-order valence-corrected chi connectivity index (χ0v) is 19.3. The third kappa shape index (κ3) is 4.66. The number of hydrogen-bond donors (Lipinski definition) is 0. The van der Waals surface area contributed by atoms with Crippen LogP contribution in [0, 0.1) is 17.6 Å². The molecule has 0 radical (unpaired) electrons. The van der Waals surface area contributed by atoms with Gasteiger partial charge in [-0.15, -0.1) is 0 Å². The molecule has 0 atom stereocenters. The molecule has 2 aromatic carbocycles. The predicted molar refractivity (Wildman–Crippen MR) is 121 cm³/mol. The number of carbonyl (C=O) groups is 1. The first-order valence-electron chi connectivity index (χ1n) is 10.7. The Balaban J connectivity index is 1.73. The van der Waals surface area contributed by atoms with Crippen LogP contribution < -0.4 is 0 Å². The molecule has 0 spiro atoms. The zero-order chi connectivity index (χ0) is 22.1. The zero-order valence-electron chi connectivity index (χ0n) is 17.7. The fraction of sp³-hybridized carbons (Fsp3) is 0.417. The number of fused-ring (bicyclic) bond motifs is 1. The third-order valence-corrected chi connectivity index (χ3v) is 6.39. The van der Waals surface area contributed by atoms with Gasteiger partial charge in [0, 0.05) is 24.2 Å². The highest BCUT2D eigenvalue weighted by molar-refractivity contribution is 9.10. The van der Waals surface area contributed by atoms with Gasteiger partial charge in [-0.1, -0.05) is 26.7 Å². The molecule has 164 valence electrons. The number of carbonyl (C=O) groups excluding carboxylic acids is 1. The van der Waals surface area contributed by atoms with E-state index in [0.29, 0.717) is 30.2 Å². The second kappa shape index (κ2) is 9.07. The number of amides is 1. The van der Waals surface area contributed by atoms with Crippen LogP contribution in [0.5, 0.6) is 0 Å². The van der Waals surface area contributed by atoms with E-state index >= 15 is 0 Å². The van der Waals surface area contributed by atoms with E-state index in [1.807, 2.05) is 0 Å². The molecule has 7 heteroatoms. The van der Waals surface area contributed by atoms with Crippen LogP contribution in [0.1, 0.15) is 61.8 Å². The number of aromatic nitrogens is 2. The van der Waals surface area contributed by atoms with Crippen LogP contribution in [0.4, 0.5) is 8.78 Å². The Hall–Kier alpha value is -2.28. The van der Waals surface area contributed by atoms with Gasteiger partial charge in [-0.2, -0.15) is 0 Å². The number of halogens is 3. The maximum Gasteiger partial charge on any atom is 0.254 e. The third-order valence-electron chi connectivity index (χ3n) is 5.79. The molecule has 3 aromatic rings. The molecule has 1 aliphatic rings. The van der Waals surface area contributed by atoms with Crippen molar-refractivity contribution in [3.8, 4) is 0 Å². The summed E-state index contributed by atoms with van der Waals surface area (Å²) in [6.45, 7) is 4.96. The highest BCUT2D eigenvalue weighted by Gasteiger charge is 2.26. The van der Waals surface area contributed by atoms with Gasteiger partial charge >= 0.3 is 0 Å². The summed E-state index contributed by atoms with van der Waals surface area (Å²) in [6.07, 6.45) is 4.42. The normalized spacial score (nSPS) is 14.6. The number of benzene rings is 2. The first kappa shape index (κ1) is 21.9. The monoisotopic (exact) mass is 489 g/mol. The van der Waals surface area contributed by atoms with E-state index < -0.39 is 5.82 Å². The van der Waals surface area contributed by atoms with E-state index in [0.717, 1.165) is 37.0 Å². The van der Waals surface area contributed by atoms with Crippen molar-refractivity contribution in [2.45, 2.75) is 52.1 Å². The fourth-order valence-electron chi connectivity index (χ4n) is 4.45. The van der Waals surface area contributed by atoms with Gasteiger partial charge in [-0.3, -0.25) is 4.79 Å². The summed E-state index contributed by atoms with van der Waals surface area (Å²) in [5.74, 6) is 0.112. The van der Waals surface area contributed by atoms with Crippen LogP contribution in [-0.4, -0.2) is 26.9 Å². The average molecular weight is 490 g/mol. The minimum atomic E-state index is -0.406. The molecular formula is C24H26BrF2N3O. The summed E-state index contributed by atoms with van der Waals surface area (Å²) in [6, 6.07) is 9.32. The smallest absolute Gasteiger partial charge is 0.254 e. The fourth-order valence-corrected chi connectivity index (χ4v) is 4.82. The van der Waals surface area contributed by atoms with Crippen molar-refractivity contribution in [3.05, 3.63) is 63.9 Å². The van der Waals surface area contributed by atoms with E-state index in [1.165, 1.54) is 30.3 Å². The van der Waals surface area contributed by atoms with Gasteiger partial charge in [-0.25, -0.2) is 13.8 Å². The summed E-state index contributed by atoms with van der Waals surface area (Å²) in [4.78, 5) is 19.8. The Bertz CT molecular complexity index is 1110. The van der Waals surface area contributed by atoms with Crippen molar-refractivity contribution in [2.75, 3.05) is 6.54 Å². The lowest BCUT2D eigenvalue weighted by atomic mass is 10.1. The number of rotatable bonds is 6. The van der Waals surface area contributed by atoms with Crippen molar-refractivity contribution in [1.82, 2.24) is 14.5 Å². The number of hydrogen-bond acceptors (Lipinski definition) is 2. The summed E-state index contributed by atoms with van der Waals surface area (Å²) in [5, 5.41) is 0. The maximum atomic E-state index is 13.9. The molecule has 1 heterocycles. The standard InChI is InChI=1S/C24H26BrF2N3O/c1-15(2)13-29(24(31)16-7-9-20(27)19(25)11-16)14-23-28-21-12-17(26)8-10-22(21)30(23)18-5-3-4-6-18/h7-12,15,18H,3-6,13-14H2,1-2H3. The van der Waals surface area contributed by atoms with Crippen molar-refractivity contribution >= 4 is 32.9 Å². The molecule has 0 bridgehead atoms. The van der Waals surface area contributed by atoms with E-state index in [-0.39, 0.29) is 22.1 Å². The molecule has 0 N–H and O–H groups in total. The van der Waals surface area contributed by atoms with E-state index in [1.54, 1.807) is 11.0 Å². The van der Waals surface area contributed by atoms with Crippen LogP contribution in [0.2, 0.25) is 0 Å². The molecule has 1 fully saturated rings. The Morgan fingerprint density at radius 1 is 1.19 bits per heavy atom. The van der Waals surface area contributed by atoms with Crippen LogP contribution >= 0.6 is 15.9 Å². The largest absolute Gasteiger partial charge is 0.331 e. The molecule has 0 aliphatic heterocycles. The summed E-state index contributed by atoms with van der Waals surface area (Å²) >= 11 is 3.17. The quantitative estimate of drug-likeness (QED) is 0.396. The lowest BCUT2D eigenvalue weighted by molar-refractivity contribution is 0.0715. The highest BCUT2D eigenvalue weighted by Crippen LogP contribution is 2.34. The summed E-state index contributed by atoms with van der Waals surface area (Å²) < 4.78 is 30.0. The second-order valence-corrected chi connectivity index (χ2v) is 9.53. The van der Waals surface area contributed by atoms with E-state index in [2.05, 4.69) is 34.3 Å². The van der Waals surface area contributed by atoms with E-state index in [4.69, 9.17) is 4.98 Å². The van der Waals surface area contributed by atoms with Gasteiger partial charge in [0.15, 0.2) is 0 Å². The van der Waals surface area contributed by atoms with Crippen molar-refractivity contribution in [3.63, 3.8) is 0 Å². The lowest BCUT2D eigenvalue weighted by Gasteiger charge is -2.26. The van der Waals surface area contributed by atoms with Crippen LogP contribution in [0.15, 0.2) is 40.9 Å². The molecule has 1 saturated carbocycles. The van der Waals surface area contributed by atoms with Crippen LogP contribution in [-0.2, 0) is 6.54 Å². The van der Waals surface area contributed by atoms with Gasteiger partial charge in [-0.05, 0) is 65.0 Å². The van der Waals surface area contributed by atoms with E-state index in [9.17, 15) is 13.6 Å². The highest BCUT2D eigenvalue weighted by atomic mass is 79.9. The molecule has 0 saturated heterocycles. The number of imidazole rings is 1. The van der Waals surface area contributed by atoms with Crippen LogP contribution in [0.3, 0.4) is 0 Å². The first-order chi connectivity index (χ1) is 14.8. The Morgan fingerprint density at radius 2 is 1.94 bits per heavy atom. The minimum absolute atomic E-state index is 0.175. The first-order valence-corrected chi connectivity index (χ1v) is 11.5. The molecule has 0 unspecified atom stereocenters. The Kier molecular flexibility index (Phi) is 6.42. The minimum Gasteiger partial charge on any atom is -0.331 e. The molecule has 4 nitrogen and oxygen atoms in total. The average Bonchev–Trinajstić information content (AvgIpc) is 3.35. The maximum absolute atomic E-state index is 13.9. The van der Waals surface area contributed by atoms with Gasteiger partial charge in [0.1, 0.15) is 17.5 Å². The second-order valence-electron chi connectivity index (χ2n) is 8.68. The molecule has 1 amide bonds. The van der Waals surface area contributed by atoms with Gasteiger partial charge in [0.2, 0.25) is 0 Å². The van der Waals surface area contributed by atoms with Gasteiger partial charge in [0.05, 0.1) is 22.1 Å². The van der Waals surface area contributed by atoms with Gasteiger partial charge < -0.3 is 9.47 Å². The number of nitrogens with zero attached hydrogens (tertiary/aromatic N) is 3. The van der Waals surface area contributed by atoms with Gasteiger partial charge in [0.25, 0.3) is 5.91 Å². The lowest BCUT2D eigenvalue weighted by Crippen LogP contribution is -2.35. The summed E-state index contributed by atoms with van der Waals surface area (Å²) in [5.41, 5.74) is 1.94. The molecule has 31 heavy (non-hydrogen) atoms. The van der Waals surface area contributed by atoms with Crippen LogP contribution in [0.25, 0.3) is 11.0 Å². The Labute approximate surface area is 189 Å². The topological polar surface area (TPSA) is 38.1 Å². The predicted octanol–water partition coefficient (Wildman–Crippen LogP) is 6.49. The molecular weight excluding hydrogens is 464 g/mol. The Morgan fingerprint density at radius 3 is 2.61 bits per heavy atom. The molecule has 1 aliphatic carbocycles. The summed E-state index contributed by atoms with van der Waals surface area (Å²) in [7, 11) is 0. The molecule has 1 aromatic heterocycles. The SMILES string of the molecule is CC(C)CN(Cc1nc2cc(F)ccc2n1C1CCCC1)C(=O)c1ccc(F)c(Br)c1. The molecule has 4 rings (SSSR count). The van der Waals surface area contributed by atoms with Crippen molar-refractivity contribution in [2.24, 2.45) is 5.92 Å². The van der Waals surface area contributed by atoms with Crippen molar-refractivity contribution in [1.29, 1.82) is 0 Å². The van der Waals surface area contributed by atoms with Crippen molar-refractivity contribution < 1.29 is 13.6 Å².